The third-order valence-corrected chi connectivity index (χ3v) is 6.03. The fourth-order valence-corrected chi connectivity index (χ4v) is 4.30. The summed E-state index contributed by atoms with van der Waals surface area (Å²) in [6.07, 6.45) is 5.89. The molecule has 1 aromatic carbocycles. The molecule has 2 aromatic rings. The summed E-state index contributed by atoms with van der Waals surface area (Å²) in [5.41, 5.74) is 0.178. The molecule has 0 bridgehead atoms. The van der Waals surface area contributed by atoms with E-state index in [0.29, 0.717) is 36.2 Å². The molecule has 1 aromatic heterocycles. The number of aliphatic imine (C=N–C) groups is 2. The lowest BCUT2D eigenvalue weighted by atomic mass is 10.1. The molecule has 0 spiro atoms. The van der Waals surface area contributed by atoms with Crippen LogP contribution in [0.15, 0.2) is 52.7 Å². The molecule has 4 rings (SSSR count). The molecule has 0 saturated carbocycles. The number of nitrogens with zero attached hydrogens (tertiary/aromatic N) is 4. The highest BCUT2D eigenvalue weighted by Gasteiger charge is 2.33. The van der Waals surface area contributed by atoms with Gasteiger partial charge in [-0.15, -0.1) is 0 Å². The van der Waals surface area contributed by atoms with Gasteiger partial charge in [0.2, 0.25) is 5.90 Å². The van der Waals surface area contributed by atoms with Gasteiger partial charge in [0.15, 0.2) is 6.17 Å². The minimum atomic E-state index is -0.581. The van der Waals surface area contributed by atoms with E-state index in [4.69, 9.17) is 23.9 Å². The zero-order chi connectivity index (χ0) is 28.0. The second-order valence-electron chi connectivity index (χ2n) is 10.3. The Bertz CT molecular complexity index is 1240. The number of hydrogen-bond donors (Lipinski definition) is 1. The number of aromatic nitrogens is 1. The Morgan fingerprint density at radius 1 is 1.13 bits per heavy atom. The van der Waals surface area contributed by atoms with E-state index in [9.17, 15) is 9.59 Å². The molecule has 1 fully saturated rings. The van der Waals surface area contributed by atoms with Gasteiger partial charge in [0, 0.05) is 50.1 Å². The van der Waals surface area contributed by atoms with Gasteiger partial charge in [-0.25, -0.2) is 9.79 Å². The first-order chi connectivity index (χ1) is 18.6. The van der Waals surface area contributed by atoms with Gasteiger partial charge in [-0.1, -0.05) is 6.07 Å². The average Bonchev–Trinajstić information content (AvgIpc) is 3.36. The highest BCUT2D eigenvalue weighted by atomic mass is 16.6. The molecular formula is C28H35N5O6. The van der Waals surface area contributed by atoms with Gasteiger partial charge in [-0.3, -0.25) is 20.1 Å². The third-order valence-electron chi connectivity index (χ3n) is 6.03. The van der Waals surface area contributed by atoms with Crippen LogP contribution in [0.5, 0.6) is 17.2 Å². The number of carbonyl (C=O) groups is 2. The van der Waals surface area contributed by atoms with Gasteiger partial charge in [0.05, 0.1) is 13.3 Å². The van der Waals surface area contributed by atoms with Gasteiger partial charge in [-0.05, 0) is 51.8 Å². The molecule has 3 unspecified atom stereocenters. The Labute approximate surface area is 228 Å². The molecular weight excluding hydrogens is 502 g/mol. The van der Waals surface area contributed by atoms with E-state index in [2.05, 4.69) is 15.3 Å². The number of pyridine rings is 1. The largest absolute Gasteiger partial charge is 0.495 e. The number of hydrogen-bond acceptors (Lipinski definition) is 10. The minimum Gasteiger partial charge on any atom is -0.495 e. The number of esters is 1. The van der Waals surface area contributed by atoms with E-state index in [1.54, 1.807) is 54.9 Å². The Morgan fingerprint density at radius 2 is 1.92 bits per heavy atom. The summed E-state index contributed by atoms with van der Waals surface area (Å²) in [5, 5.41) is 3.44. The summed E-state index contributed by atoms with van der Waals surface area (Å²) in [4.78, 5) is 39.5. The predicted octanol–water partition coefficient (Wildman–Crippen LogP) is 3.93. The predicted molar refractivity (Wildman–Crippen MR) is 146 cm³/mol. The number of amides is 1. The molecule has 1 N–H and O–H groups in total. The molecule has 39 heavy (non-hydrogen) atoms. The minimum absolute atomic E-state index is 0.0397. The van der Waals surface area contributed by atoms with Crippen LogP contribution >= 0.6 is 0 Å². The van der Waals surface area contributed by atoms with Crippen LogP contribution < -0.4 is 19.5 Å². The van der Waals surface area contributed by atoms with Crippen LogP contribution in [-0.2, 0) is 9.53 Å². The van der Waals surface area contributed by atoms with Crippen LogP contribution in [0.25, 0.3) is 0 Å². The SMILES string of the molecule is COc1cncc(C2N=CC(NCC3CCCN3C(=O)OC(C)(C)C)C(Oc3cccc(OC(C)=O)c3)=N2)c1. The maximum atomic E-state index is 12.7. The van der Waals surface area contributed by atoms with Crippen molar-refractivity contribution in [1.82, 2.24) is 15.2 Å². The van der Waals surface area contributed by atoms with Crippen molar-refractivity contribution in [3.05, 3.63) is 48.3 Å². The summed E-state index contributed by atoms with van der Waals surface area (Å²) in [5.74, 6) is 1.36. The number of benzene rings is 1. The van der Waals surface area contributed by atoms with E-state index in [1.807, 2.05) is 26.8 Å². The van der Waals surface area contributed by atoms with Gasteiger partial charge >= 0.3 is 12.1 Å². The summed E-state index contributed by atoms with van der Waals surface area (Å²) < 4.78 is 22.3. The highest BCUT2D eigenvalue weighted by molar-refractivity contribution is 6.00. The van der Waals surface area contributed by atoms with Gasteiger partial charge in [0.25, 0.3) is 0 Å². The van der Waals surface area contributed by atoms with Crippen molar-refractivity contribution < 1.29 is 28.5 Å². The highest BCUT2D eigenvalue weighted by Crippen LogP contribution is 2.27. The maximum Gasteiger partial charge on any atom is 0.410 e. The van der Waals surface area contributed by atoms with Crippen LogP contribution in [0, 0.1) is 0 Å². The lowest BCUT2D eigenvalue weighted by Crippen LogP contribution is -2.50. The summed E-state index contributed by atoms with van der Waals surface area (Å²) in [6.45, 7) is 8.06. The first-order valence-corrected chi connectivity index (χ1v) is 12.9. The number of methoxy groups -OCH3 is 1. The molecule has 3 heterocycles. The molecule has 3 atom stereocenters. The standard InChI is InChI=1S/C28H35N5O6/c1-18(34)37-21-9-6-10-22(13-21)38-26-24(17-31-25(32-26)19-12-23(36-5)16-29-14-19)30-15-20-8-7-11-33(20)27(35)39-28(2,3)4/h6,9-10,12-14,16-17,20,24-25,30H,7-8,11,15H2,1-5H3. The third kappa shape index (κ3) is 7.76. The Balaban J connectivity index is 1.53. The van der Waals surface area contributed by atoms with Crippen LogP contribution in [0.2, 0.25) is 0 Å². The number of rotatable bonds is 7. The summed E-state index contributed by atoms with van der Waals surface area (Å²) >= 11 is 0. The molecule has 0 radical (unpaired) electrons. The van der Waals surface area contributed by atoms with Crippen molar-refractivity contribution in [2.75, 3.05) is 20.2 Å². The smallest absolute Gasteiger partial charge is 0.410 e. The van der Waals surface area contributed by atoms with Gasteiger partial charge < -0.3 is 23.8 Å². The maximum absolute atomic E-state index is 12.7. The normalized spacial score (nSPS) is 20.8. The van der Waals surface area contributed by atoms with E-state index in [0.717, 1.165) is 18.4 Å². The molecule has 1 saturated heterocycles. The van der Waals surface area contributed by atoms with Crippen molar-refractivity contribution in [3.63, 3.8) is 0 Å². The zero-order valence-corrected chi connectivity index (χ0v) is 22.9. The van der Waals surface area contributed by atoms with Crippen molar-refractivity contribution in [2.24, 2.45) is 9.98 Å². The number of nitrogens with one attached hydrogen (secondary N) is 1. The van der Waals surface area contributed by atoms with Crippen molar-refractivity contribution >= 4 is 24.2 Å². The summed E-state index contributed by atoms with van der Waals surface area (Å²) in [6, 6.07) is 8.10. The number of carbonyl (C=O) groups excluding carboxylic acids is 2. The first kappa shape index (κ1) is 28.0. The zero-order valence-electron chi connectivity index (χ0n) is 22.9. The van der Waals surface area contributed by atoms with E-state index in [1.165, 1.54) is 6.92 Å². The molecule has 1 amide bonds. The fraction of sp³-hybridized carbons (Fsp3) is 0.464. The second-order valence-corrected chi connectivity index (χ2v) is 10.3. The van der Waals surface area contributed by atoms with Crippen LogP contribution in [0.1, 0.15) is 52.3 Å². The topological polar surface area (TPSA) is 124 Å². The van der Waals surface area contributed by atoms with Crippen LogP contribution in [0.3, 0.4) is 0 Å². The quantitative estimate of drug-likeness (QED) is 0.416. The number of likely N-dealkylation sites (tertiary alicyclic amines) is 1. The lowest BCUT2D eigenvalue weighted by Gasteiger charge is -2.30. The van der Waals surface area contributed by atoms with Crippen molar-refractivity contribution in [1.29, 1.82) is 0 Å². The van der Waals surface area contributed by atoms with E-state index >= 15 is 0 Å². The average molecular weight is 538 g/mol. The van der Waals surface area contributed by atoms with E-state index < -0.39 is 23.8 Å². The molecule has 2 aliphatic heterocycles. The van der Waals surface area contributed by atoms with Gasteiger partial charge in [0.1, 0.15) is 28.9 Å². The van der Waals surface area contributed by atoms with Crippen molar-refractivity contribution in [2.45, 2.75) is 64.4 Å². The molecule has 11 heteroatoms. The van der Waals surface area contributed by atoms with Crippen molar-refractivity contribution in [3.8, 4) is 17.2 Å². The molecule has 208 valence electrons. The Kier molecular flexibility index (Phi) is 8.80. The van der Waals surface area contributed by atoms with Crippen LogP contribution in [0.4, 0.5) is 4.79 Å². The van der Waals surface area contributed by atoms with Crippen LogP contribution in [-0.4, -0.2) is 71.9 Å². The van der Waals surface area contributed by atoms with Gasteiger partial charge in [-0.2, -0.15) is 0 Å². The lowest BCUT2D eigenvalue weighted by molar-refractivity contribution is -0.131. The fourth-order valence-electron chi connectivity index (χ4n) is 4.30. The van der Waals surface area contributed by atoms with E-state index in [-0.39, 0.29) is 12.1 Å². The number of ether oxygens (including phenoxy) is 4. The summed E-state index contributed by atoms with van der Waals surface area (Å²) in [7, 11) is 1.57. The molecule has 0 aliphatic carbocycles. The Morgan fingerprint density at radius 3 is 2.67 bits per heavy atom. The first-order valence-electron chi connectivity index (χ1n) is 12.9. The monoisotopic (exact) mass is 537 g/mol. The second kappa shape index (κ2) is 12.2. The Hall–Kier alpha value is -3.99. The molecule has 11 nitrogen and oxygen atoms in total. The molecule has 2 aliphatic rings.